The van der Waals surface area contributed by atoms with Crippen LogP contribution < -0.4 is 19.7 Å². The van der Waals surface area contributed by atoms with Gasteiger partial charge >= 0.3 is 0 Å². The molecule has 0 spiro atoms. The highest BCUT2D eigenvalue weighted by molar-refractivity contribution is 6.31. The molecule has 2 aromatic rings. The van der Waals surface area contributed by atoms with E-state index in [0.717, 1.165) is 31.0 Å². The summed E-state index contributed by atoms with van der Waals surface area (Å²) in [6.07, 6.45) is 1.89. The molecule has 198 valence electrons. The number of ketones is 1. The van der Waals surface area contributed by atoms with Crippen molar-refractivity contribution in [3.05, 3.63) is 52.3 Å². The molecular weight excluding hydrogens is 522 g/mol. The Morgan fingerprint density at radius 3 is 2.62 bits per heavy atom. The predicted octanol–water partition coefficient (Wildman–Crippen LogP) is 4.55. The zero-order valence-corrected chi connectivity index (χ0v) is 22.2. The van der Waals surface area contributed by atoms with Gasteiger partial charge in [-0.3, -0.25) is 9.59 Å². The summed E-state index contributed by atoms with van der Waals surface area (Å²) >= 11 is 11.8. The van der Waals surface area contributed by atoms with Crippen molar-refractivity contribution in [2.24, 2.45) is 5.41 Å². The van der Waals surface area contributed by atoms with E-state index in [0.29, 0.717) is 30.3 Å². The number of aliphatic hydroxyl groups is 1. The summed E-state index contributed by atoms with van der Waals surface area (Å²) < 4.78 is 25.0. The van der Waals surface area contributed by atoms with Gasteiger partial charge in [-0.1, -0.05) is 23.2 Å². The lowest BCUT2D eigenvalue weighted by atomic mass is 9.38. The van der Waals surface area contributed by atoms with E-state index < -0.39 is 17.5 Å². The molecule has 3 aliphatic carbocycles. The first-order valence-electron chi connectivity index (χ1n) is 12.2. The van der Waals surface area contributed by atoms with Crippen LogP contribution in [0.25, 0.3) is 0 Å². The van der Waals surface area contributed by atoms with Gasteiger partial charge in [0.15, 0.2) is 18.5 Å². The Balaban J connectivity index is 1.14. The molecule has 7 nitrogen and oxygen atoms in total. The molecule has 2 bridgehead atoms. The van der Waals surface area contributed by atoms with Crippen LogP contribution in [0.2, 0.25) is 10.0 Å². The van der Waals surface area contributed by atoms with E-state index in [1.807, 2.05) is 4.90 Å². The van der Waals surface area contributed by atoms with Crippen LogP contribution in [-0.2, 0) is 9.59 Å². The molecule has 4 aliphatic rings. The SMILES string of the molecule is CC(C)(O)CN1C[C@@H](C(=O)CC23CC(NC(=O)COc4ccc(Cl)c(F)c4)(C2)C3)Oc2ccc(Cl)cc21. The normalized spacial score (nSPS) is 25.8. The molecule has 2 aromatic carbocycles. The first-order chi connectivity index (χ1) is 17.3. The number of β-amino-alcohol motifs (C(OH)–C–C–N with tert-alkyl or cyclic N) is 1. The van der Waals surface area contributed by atoms with E-state index in [-0.39, 0.29) is 40.0 Å². The first-order valence-corrected chi connectivity index (χ1v) is 13.0. The average Bonchev–Trinajstić information content (AvgIpc) is 2.76. The molecule has 3 fully saturated rings. The van der Waals surface area contributed by atoms with Gasteiger partial charge in [0.05, 0.1) is 22.9 Å². The Bertz CT molecular complexity index is 1230. The van der Waals surface area contributed by atoms with Crippen LogP contribution in [0, 0.1) is 11.2 Å². The number of amides is 1. The summed E-state index contributed by atoms with van der Waals surface area (Å²) in [5.41, 5.74) is -0.645. The second-order valence-corrected chi connectivity index (χ2v) is 12.1. The van der Waals surface area contributed by atoms with E-state index in [2.05, 4.69) is 5.32 Å². The second-order valence-electron chi connectivity index (χ2n) is 11.3. The minimum Gasteiger partial charge on any atom is -0.484 e. The summed E-state index contributed by atoms with van der Waals surface area (Å²) in [6, 6.07) is 9.27. The first kappa shape index (κ1) is 26.1. The number of halogens is 3. The molecule has 2 N–H and O–H groups in total. The number of rotatable bonds is 9. The van der Waals surface area contributed by atoms with Gasteiger partial charge in [-0.05, 0) is 68.9 Å². The molecule has 1 heterocycles. The zero-order chi connectivity index (χ0) is 26.6. The number of anilines is 1. The zero-order valence-electron chi connectivity index (χ0n) is 20.7. The molecule has 37 heavy (non-hydrogen) atoms. The van der Waals surface area contributed by atoms with Crippen LogP contribution in [0.15, 0.2) is 36.4 Å². The fraction of sp³-hybridized carbons (Fsp3) is 0.481. The van der Waals surface area contributed by atoms with Gasteiger partial charge in [-0.15, -0.1) is 0 Å². The lowest BCUT2D eigenvalue weighted by Gasteiger charge is -2.70. The molecule has 3 saturated carbocycles. The number of carbonyl (C=O) groups is 2. The van der Waals surface area contributed by atoms with Gasteiger partial charge in [0.2, 0.25) is 0 Å². The number of nitrogens with one attached hydrogen (secondary N) is 1. The standard InChI is InChI=1S/C27H29Cl2FN2O5/c1-25(2,35)15-32-10-23(37-22-6-3-16(28)7-20(22)32)21(33)9-26-12-27(13-26,14-26)31-24(34)11-36-17-4-5-18(29)19(30)8-17/h3-8,23,35H,9-15H2,1-2H3,(H,31,34)/t23-,26?,27?/m0/s1. The quantitative estimate of drug-likeness (QED) is 0.476. The van der Waals surface area contributed by atoms with Gasteiger partial charge < -0.3 is 24.8 Å². The highest BCUT2D eigenvalue weighted by Gasteiger charge is 2.68. The molecule has 0 unspecified atom stereocenters. The molecule has 10 heteroatoms. The topological polar surface area (TPSA) is 88.1 Å². The number of hydrogen-bond donors (Lipinski definition) is 2. The summed E-state index contributed by atoms with van der Waals surface area (Å²) in [6.45, 7) is 3.87. The van der Waals surface area contributed by atoms with Crippen molar-refractivity contribution in [1.29, 1.82) is 0 Å². The third-order valence-corrected chi connectivity index (χ3v) is 7.75. The maximum Gasteiger partial charge on any atom is 0.258 e. The van der Waals surface area contributed by atoms with Crippen LogP contribution in [0.5, 0.6) is 11.5 Å². The Hall–Kier alpha value is -2.55. The summed E-state index contributed by atoms with van der Waals surface area (Å²) in [7, 11) is 0. The number of hydrogen-bond acceptors (Lipinski definition) is 6. The van der Waals surface area contributed by atoms with E-state index in [4.69, 9.17) is 32.7 Å². The van der Waals surface area contributed by atoms with Gasteiger partial charge in [-0.2, -0.15) is 0 Å². The van der Waals surface area contributed by atoms with Crippen molar-refractivity contribution >= 4 is 40.6 Å². The maximum atomic E-state index is 13.5. The third-order valence-electron chi connectivity index (χ3n) is 7.21. The molecule has 6 rings (SSSR count). The largest absolute Gasteiger partial charge is 0.484 e. The van der Waals surface area contributed by atoms with Crippen LogP contribution in [0.3, 0.4) is 0 Å². The van der Waals surface area contributed by atoms with Crippen LogP contribution in [0.1, 0.15) is 39.5 Å². The van der Waals surface area contributed by atoms with E-state index in [1.165, 1.54) is 12.1 Å². The van der Waals surface area contributed by atoms with Crippen LogP contribution in [0.4, 0.5) is 10.1 Å². The molecular formula is C27H29Cl2FN2O5. The van der Waals surface area contributed by atoms with Gasteiger partial charge in [0.1, 0.15) is 17.3 Å². The summed E-state index contributed by atoms with van der Waals surface area (Å²) in [4.78, 5) is 27.6. The average molecular weight is 551 g/mol. The van der Waals surface area contributed by atoms with Crippen molar-refractivity contribution in [2.45, 2.75) is 56.8 Å². The minimum atomic E-state index is -0.964. The Morgan fingerprint density at radius 1 is 1.22 bits per heavy atom. The monoisotopic (exact) mass is 550 g/mol. The Morgan fingerprint density at radius 2 is 1.95 bits per heavy atom. The summed E-state index contributed by atoms with van der Waals surface area (Å²) in [5, 5.41) is 13.9. The fourth-order valence-corrected chi connectivity index (χ4v) is 6.24. The van der Waals surface area contributed by atoms with E-state index in [1.54, 1.807) is 32.0 Å². The van der Waals surface area contributed by atoms with Gasteiger partial charge in [-0.25, -0.2) is 4.39 Å². The number of carbonyl (C=O) groups excluding carboxylic acids is 2. The molecule has 0 radical (unpaired) electrons. The molecule has 1 amide bonds. The minimum absolute atomic E-state index is 0.00840. The number of nitrogens with zero attached hydrogens (tertiary/aromatic N) is 1. The Labute approximate surface area is 224 Å². The van der Waals surface area contributed by atoms with Crippen LogP contribution >= 0.6 is 23.2 Å². The van der Waals surface area contributed by atoms with E-state index in [9.17, 15) is 19.1 Å². The molecule has 1 aliphatic heterocycles. The lowest BCUT2D eigenvalue weighted by molar-refractivity contribution is -0.175. The molecule has 0 saturated heterocycles. The highest BCUT2D eigenvalue weighted by Crippen LogP contribution is 2.69. The fourth-order valence-electron chi connectivity index (χ4n) is 5.96. The lowest BCUT2D eigenvalue weighted by Crippen LogP contribution is -2.75. The number of benzene rings is 2. The van der Waals surface area contributed by atoms with Crippen molar-refractivity contribution in [3.63, 3.8) is 0 Å². The molecule has 1 atom stereocenters. The number of fused-ring (bicyclic) bond motifs is 1. The molecule has 0 aromatic heterocycles. The van der Waals surface area contributed by atoms with Crippen molar-refractivity contribution in [1.82, 2.24) is 5.32 Å². The number of ether oxygens (including phenoxy) is 2. The van der Waals surface area contributed by atoms with Crippen molar-refractivity contribution < 1.29 is 28.6 Å². The van der Waals surface area contributed by atoms with Crippen molar-refractivity contribution in [3.8, 4) is 11.5 Å². The maximum absolute atomic E-state index is 13.5. The predicted molar refractivity (Wildman–Crippen MR) is 138 cm³/mol. The van der Waals surface area contributed by atoms with Gasteiger partial charge in [0.25, 0.3) is 5.91 Å². The Kier molecular flexibility index (Phi) is 6.57. The smallest absolute Gasteiger partial charge is 0.258 e. The van der Waals surface area contributed by atoms with Gasteiger partial charge in [0, 0.05) is 29.6 Å². The summed E-state index contributed by atoms with van der Waals surface area (Å²) in [5.74, 6) is -0.0907. The van der Waals surface area contributed by atoms with Crippen LogP contribution in [-0.4, -0.2) is 53.7 Å². The number of Topliss-reactive ketones (excluding diaryl/α,β-unsaturated/α-hetero) is 1. The third kappa shape index (κ3) is 5.52. The van der Waals surface area contributed by atoms with Crippen molar-refractivity contribution in [2.75, 3.05) is 24.6 Å². The highest BCUT2D eigenvalue weighted by atomic mass is 35.5. The van der Waals surface area contributed by atoms with E-state index >= 15 is 0 Å². The second kappa shape index (κ2) is 9.33.